The van der Waals surface area contributed by atoms with Gasteiger partial charge in [-0.25, -0.2) is 9.50 Å². The molecule has 1 atom stereocenters. The van der Waals surface area contributed by atoms with E-state index < -0.39 is 0 Å². The lowest BCUT2D eigenvalue weighted by atomic mass is 9.94. The third-order valence-corrected chi connectivity index (χ3v) is 4.89. The summed E-state index contributed by atoms with van der Waals surface area (Å²) in [6.45, 7) is 2.70. The minimum atomic E-state index is -0.0532. The highest BCUT2D eigenvalue weighted by atomic mass is 79.9. The van der Waals surface area contributed by atoms with Crippen LogP contribution in [0.1, 0.15) is 28.5 Å². The van der Waals surface area contributed by atoms with Gasteiger partial charge in [0, 0.05) is 24.8 Å². The molecule has 1 aliphatic rings. The summed E-state index contributed by atoms with van der Waals surface area (Å²) in [4.78, 5) is 19.4. The second-order valence-corrected chi connectivity index (χ2v) is 6.68. The molecule has 0 N–H and O–H groups in total. The summed E-state index contributed by atoms with van der Waals surface area (Å²) in [7, 11) is 0. The molecule has 3 heterocycles. The third kappa shape index (κ3) is 2.43. The summed E-state index contributed by atoms with van der Waals surface area (Å²) in [6, 6.07) is 10.2. The van der Waals surface area contributed by atoms with Crippen LogP contribution in [0.4, 0.5) is 0 Å². The van der Waals surface area contributed by atoms with Crippen molar-refractivity contribution in [2.45, 2.75) is 25.9 Å². The molecule has 0 fully saturated rings. The molecule has 0 saturated heterocycles. The molecule has 0 aliphatic carbocycles. The third-order valence-electron chi connectivity index (χ3n) is 4.31. The van der Waals surface area contributed by atoms with Crippen LogP contribution in [-0.4, -0.2) is 31.4 Å². The number of rotatable bonds is 1. The van der Waals surface area contributed by atoms with Crippen LogP contribution in [0.2, 0.25) is 0 Å². The minimum absolute atomic E-state index is 0.0532. The normalized spacial score (nSPS) is 17.3. The summed E-state index contributed by atoms with van der Waals surface area (Å²) in [5.74, 6) is -0.0532. The SMILES string of the molecule is C[C@@H]1Cc2ccccc2CN1C(=O)c1nc2ccnn2cc1Br. The van der Waals surface area contributed by atoms with Crippen molar-refractivity contribution in [3.8, 4) is 0 Å². The molecule has 5 nitrogen and oxygen atoms in total. The van der Waals surface area contributed by atoms with Crippen molar-refractivity contribution in [3.05, 3.63) is 64.0 Å². The summed E-state index contributed by atoms with van der Waals surface area (Å²) in [6.07, 6.45) is 4.31. The predicted octanol–water partition coefficient (Wildman–Crippen LogP) is 3.08. The van der Waals surface area contributed by atoms with Gasteiger partial charge in [0.1, 0.15) is 5.69 Å². The average molecular weight is 371 g/mol. The zero-order chi connectivity index (χ0) is 16.0. The first-order valence-corrected chi connectivity index (χ1v) is 8.30. The quantitative estimate of drug-likeness (QED) is 0.661. The van der Waals surface area contributed by atoms with Gasteiger partial charge in [0.25, 0.3) is 5.91 Å². The molecule has 6 heteroatoms. The van der Waals surface area contributed by atoms with Crippen LogP contribution < -0.4 is 0 Å². The fraction of sp³-hybridized carbons (Fsp3) is 0.235. The second kappa shape index (κ2) is 5.45. The van der Waals surface area contributed by atoms with E-state index in [-0.39, 0.29) is 11.9 Å². The van der Waals surface area contributed by atoms with Gasteiger partial charge in [-0.2, -0.15) is 5.10 Å². The molecular formula is C17H15BrN4O. The lowest BCUT2D eigenvalue weighted by Crippen LogP contribution is -2.43. The van der Waals surface area contributed by atoms with Gasteiger partial charge in [0.05, 0.1) is 10.7 Å². The topological polar surface area (TPSA) is 50.5 Å². The second-order valence-electron chi connectivity index (χ2n) is 5.83. The zero-order valence-electron chi connectivity index (χ0n) is 12.6. The number of aromatic nitrogens is 3. The first-order chi connectivity index (χ1) is 11.1. The van der Waals surface area contributed by atoms with E-state index in [4.69, 9.17) is 0 Å². The number of hydrogen-bond donors (Lipinski definition) is 0. The number of carbonyl (C=O) groups excluding carboxylic acids is 1. The molecule has 0 radical (unpaired) electrons. The van der Waals surface area contributed by atoms with E-state index >= 15 is 0 Å². The van der Waals surface area contributed by atoms with E-state index in [1.54, 1.807) is 23.0 Å². The number of halogens is 1. The summed E-state index contributed by atoms with van der Waals surface area (Å²) >= 11 is 3.45. The summed E-state index contributed by atoms with van der Waals surface area (Å²) in [5, 5.41) is 4.14. The van der Waals surface area contributed by atoms with Crippen molar-refractivity contribution in [1.82, 2.24) is 19.5 Å². The number of fused-ring (bicyclic) bond motifs is 2. The maximum atomic E-state index is 13.0. The fourth-order valence-electron chi connectivity index (χ4n) is 3.07. The molecule has 0 spiro atoms. The highest BCUT2D eigenvalue weighted by Gasteiger charge is 2.29. The fourth-order valence-corrected chi connectivity index (χ4v) is 3.52. The molecule has 116 valence electrons. The van der Waals surface area contributed by atoms with Crippen LogP contribution in [0.5, 0.6) is 0 Å². The number of hydrogen-bond acceptors (Lipinski definition) is 3. The Balaban J connectivity index is 1.72. The Labute approximate surface area is 142 Å². The smallest absolute Gasteiger partial charge is 0.274 e. The Kier molecular flexibility index (Phi) is 3.41. The molecule has 3 aromatic rings. The van der Waals surface area contributed by atoms with Crippen LogP contribution in [0.3, 0.4) is 0 Å². The van der Waals surface area contributed by atoms with Crippen LogP contribution >= 0.6 is 15.9 Å². The van der Waals surface area contributed by atoms with E-state index in [1.165, 1.54) is 11.1 Å². The molecule has 1 aliphatic heterocycles. The molecule has 0 unspecified atom stereocenters. The maximum Gasteiger partial charge on any atom is 0.274 e. The van der Waals surface area contributed by atoms with Crippen molar-refractivity contribution >= 4 is 27.5 Å². The predicted molar refractivity (Wildman–Crippen MR) is 90.2 cm³/mol. The van der Waals surface area contributed by atoms with Gasteiger partial charge in [0.15, 0.2) is 5.65 Å². The van der Waals surface area contributed by atoms with E-state index in [0.29, 0.717) is 22.4 Å². The Morgan fingerprint density at radius 3 is 2.87 bits per heavy atom. The van der Waals surface area contributed by atoms with Crippen molar-refractivity contribution < 1.29 is 4.79 Å². The van der Waals surface area contributed by atoms with E-state index in [0.717, 1.165) is 6.42 Å². The molecule has 23 heavy (non-hydrogen) atoms. The number of carbonyl (C=O) groups is 1. The first-order valence-electron chi connectivity index (χ1n) is 7.51. The number of amides is 1. The van der Waals surface area contributed by atoms with Crippen molar-refractivity contribution in [3.63, 3.8) is 0 Å². The Morgan fingerprint density at radius 2 is 2.04 bits per heavy atom. The van der Waals surface area contributed by atoms with Crippen molar-refractivity contribution in [2.24, 2.45) is 0 Å². The molecule has 4 rings (SSSR count). The average Bonchev–Trinajstić information content (AvgIpc) is 3.00. The van der Waals surface area contributed by atoms with Crippen molar-refractivity contribution in [1.29, 1.82) is 0 Å². The largest absolute Gasteiger partial charge is 0.330 e. The standard InChI is InChI=1S/C17H15BrN4O/c1-11-8-12-4-2-3-5-13(12)9-21(11)17(23)16-14(18)10-22-15(20-16)6-7-19-22/h2-7,10-11H,8-9H2,1H3/t11-/m1/s1. The summed E-state index contributed by atoms with van der Waals surface area (Å²) in [5.41, 5.74) is 3.63. The Morgan fingerprint density at radius 1 is 1.26 bits per heavy atom. The monoisotopic (exact) mass is 370 g/mol. The molecule has 1 amide bonds. The highest BCUT2D eigenvalue weighted by molar-refractivity contribution is 9.10. The Hall–Kier alpha value is -2.21. The molecular weight excluding hydrogens is 356 g/mol. The minimum Gasteiger partial charge on any atom is -0.330 e. The lowest BCUT2D eigenvalue weighted by Gasteiger charge is -2.34. The van der Waals surface area contributed by atoms with E-state index in [1.807, 2.05) is 11.0 Å². The van der Waals surface area contributed by atoms with Gasteiger partial charge >= 0.3 is 0 Å². The van der Waals surface area contributed by atoms with E-state index in [2.05, 4.69) is 51.1 Å². The zero-order valence-corrected chi connectivity index (χ0v) is 14.2. The van der Waals surface area contributed by atoms with Crippen LogP contribution in [0.25, 0.3) is 5.65 Å². The maximum absolute atomic E-state index is 13.0. The van der Waals surface area contributed by atoms with Crippen molar-refractivity contribution in [2.75, 3.05) is 0 Å². The number of benzene rings is 1. The van der Waals surface area contributed by atoms with Gasteiger partial charge < -0.3 is 4.90 Å². The highest BCUT2D eigenvalue weighted by Crippen LogP contribution is 2.26. The lowest BCUT2D eigenvalue weighted by molar-refractivity contribution is 0.0651. The van der Waals surface area contributed by atoms with Gasteiger partial charge in [-0.05, 0) is 40.4 Å². The van der Waals surface area contributed by atoms with Gasteiger partial charge in [-0.15, -0.1) is 0 Å². The Bertz CT molecular complexity index is 904. The van der Waals surface area contributed by atoms with Gasteiger partial charge in [0.2, 0.25) is 0 Å². The molecule has 2 aromatic heterocycles. The van der Waals surface area contributed by atoms with Crippen LogP contribution in [0, 0.1) is 0 Å². The molecule has 1 aromatic carbocycles. The number of nitrogens with zero attached hydrogens (tertiary/aromatic N) is 4. The van der Waals surface area contributed by atoms with Gasteiger partial charge in [-0.1, -0.05) is 24.3 Å². The van der Waals surface area contributed by atoms with Crippen LogP contribution in [-0.2, 0) is 13.0 Å². The van der Waals surface area contributed by atoms with E-state index in [9.17, 15) is 4.79 Å². The molecule has 0 saturated carbocycles. The summed E-state index contributed by atoms with van der Waals surface area (Å²) < 4.78 is 2.31. The van der Waals surface area contributed by atoms with Crippen LogP contribution in [0.15, 0.2) is 47.2 Å². The molecule has 0 bridgehead atoms. The van der Waals surface area contributed by atoms with Gasteiger partial charge in [-0.3, -0.25) is 4.79 Å². The first kappa shape index (κ1) is 14.4.